The van der Waals surface area contributed by atoms with Gasteiger partial charge in [0.1, 0.15) is 5.75 Å². The molecule has 9 nitrogen and oxygen atoms in total. The van der Waals surface area contributed by atoms with E-state index in [9.17, 15) is 4.79 Å². The van der Waals surface area contributed by atoms with Gasteiger partial charge in [-0.3, -0.25) is 4.79 Å². The fourth-order valence-electron chi connectivity index (χ4n) is 6.17. The molecule has 0 saturated heterocycles. The van der Waals surface area contributed by atoms with Gasteiger partial charge in [-0.15, -0.1) is 0 Å². The molecular weight excluding hydrogens is 646 g/mol. The number of benzene rings is 4. The third-order valence-electron chi connectivity index (χ3n) is 8.47. The van der Waals surface area contributed by atoms with E-state index in [0.717, 1.165) is 34.0 Å². The van der Waals surface area contributed by atoms with Crippen molar-refractivity contribution in [1.82, 2.24) is 5.32 Å². The van der Waals surface area contributed by atoms with Crippen LogP contribution in [0.1, 0.15) is 45.9 Å². The number of azide groups is 1. The highest BCUT2D eigenvalue weighted by atomic mass is 79.9. The summed E-state index contributed by atoms with van der Waals surface area (Å²) in [6.07, 6.45) is 1.50. The fraction of sp³-hybridized carbons (Fsp3) is 0.278. The zero-order chi connectivity index (χ0) is 31.9. The Morgan fingerprint density at radius 2 is 1.67 bits per heavy atom. The molecule has 1 amide bonds. The number of aliphatic hydroxyl groups is 1. The first-order chi connectivity index (χ1) is 22.5. The van der Waals surface area contributed by atoms with E-state index in [1.54, 1.807) is 0 Å². The molecule has 0 aromatic heterocycles. The molecule has 1 aliphatic heterocycles. The maximum absolute atomic E-state index is 14.8. The molecule has 234 valence electrons. The van der Waals surface area contributed by atoms with Crippen LogP contribution >= 0.6 is 15.9 Å². The molecule has 4 aromatic rings. The van der Waals surface area contributed by atoms with E-state index in [0.29, 0.717) is 30.2 Å². The Bertz CT molecular complexity index is 1750. The van der Waals surface area contributed by atoms with Crippen molar-refractivity contribution < 1.29 is 19.4 Å². The summed E-state index contributed by atoms with van der Waals surface area (Å²) < 4.78 is 13.3. The summed E-state index contributed by atoms with van der Waals surface area (Å²) in [4.78, 5) is 22.9. The first kappa shape index (κ1) is 31.4. The van der Waals surface area contributed by atoms with E-state index in [2.05, 4.69) is 43.4 Å². The fourth-order valence-corrected chi connectivity index (χ4v) is 6.44. The molecule has 1 heterocycles. The highest BCUT2D eigenvalue weighted by molar-refractivity contribution is 9.10. The smallest absolute Gasteiger partial charge is 0.252 e. The number of halogens is 1. The van der Waals surface area contributed by atoms with Gasteiger partial charge in [-0.05, 0) is 82.6 Å². The molecule has 0 bridgehead atoms. The number of rotatable bonds is 12. The SMILES string of the molecule is [N-]=[N+]=NCc1ccccc1C[C@@]1(C(=O)NC2Cc3ccccc3C2)N=C(c2ccc(OCCCO)cc2)O[C@@H]1c1ccc(Br)cc1. The molecule has 2 atom stereocenters. The molecule has 0 fully saturated rings. The number of aliphatic hydroxyl groups excluding tert-OH is 1. The van der Waals surface area contributed by atoms with Crippen LogP contribution in [-0.2, 0) is 35.3 Å². The molecular formula is C36H34BrN5O4. The molecule has 0 spiro atoms. The van der Waals surface area contributed by atoms with E-state index in [-0.39, 0.29) is 31.5 Å². The summed E-state index contributed by atoms with van der Waals surface area (Å²) in [7, 11) is 0. The van der Waals surface area contributed by atoms with Gasteiger partial charge in [-0.1, -0.05) is 81.7 Å². The van der Waals surface area contributed by atoms with Gasteiger partial charge in [0.15, 0.2) is 11.6 Å². The summed E-state index contributed by atoms with van der Waals surface area (Å²) in [5, 5.41) is 16.3. The lowest BCUT2D eigenvalue weighted by Crippen LogP contribution is -2.53. The van der Waals surface area contributed by atoms with Crippen LogP contribution in [0.2, 0.25) is 0 Å². The quantitative estimate of drug-likeness (QED) is 0.0738. The standard InChI is InChI=1S/C36H34BrN5O4/c37-30-14-10-24(11-15-30)33-36(22-28-8-3-4-9-29(28)23-39-42-38,35(44)40-31-20-26-6-1-2-7-27(26)21-31)41-34(46-33)25-12-16-32(17-13-25)45-19-5-18-43/h1-4,6-17,31,33,43H,5,18-23H2,(H,40,44)/t33-,36-/m1/s1. The molecule has 0 unspecified atom stereocenters. The number of aliphatic imine (C=N–C) groups is 1. The van der Waals surface area contributed by atoms with Crippen LogP contribution in [0.25, 0.3) is 10.4 Å². The topological polar surface area (TPSA) is 129 Å². The molecule has 10 heteroatoms. The lowest BCUT2D eigenvalue weighted by atomic mass is 9.80. The number of hydrogen-bond donors (Lipinski definition) is 2. The lowest BCUT2D eigenvalue weighted by molar-refractivity contribution is -0.129. The van der Waals surface area contributed by atoms with Crippen molar-refractivity contribution in [3.63, 3.8) is 0 Å². The Balaban J connectivity index is 1.42. The van der Waals surface area contributed by atoms with Crippen molar-refractivity contribution in [2.45, 2.75) is 49.9 Å². The van der Waals surface area contributed by atoms with Gasteiger partial charge in [0.05, 0.1) is 13.2 Å². The molecule has 0 saturated carbocycles. The van der Waals surface area contributed by atoms with Gasteiger partial charge in [-0.25, -0.2) is 4.99 Å². The first-order valence-corrected chi connectivity index (χ1v) is 16.1. The molecule has 6 rings (SSSR count). The summed E-state index contributed by atoms with van der Waals surface area (Å²) in [5.74, 6) is 0.792. The van der Waals surface area contributed by atoms with Crippen molar-refractivity contribution in [2.75, 3.05) is 13.2 Å². The van der Waals surface area contributed by atoms with Crippen LogP contribution in [0.15, 0.2) is 112 Å². The molecule has 4 aromatic carbocycles. The third-order valence-corrected chi connectivity index (χ3v) is 9.00. The van der Waals surface area contributed by atoms with Gasteiger partial charge >= 0.3 is 0 Å². The van der Waals surface area contributed by atoms with E-state index in [1.807, 2.05) is 84.9 Å². The van der Waals surface area contributed by atoms with E-state index >= 15 is 0 Å². The van der Waals surface area contributed by atoms with Gasteiger partial charge in [0.25, 0.3) is 5.91 Å². The molecule has 0 radical (unpaired) electrons. The highest BCUT2D eigenvalue weighted by Crippen LogP contribution is 2.43. The Hall–Kier alpha value is -4.63. The third kappa shape index (κ3) is 6.79. The number of fused-ring (bicyclic) bond motifs is 1. The van der Waals surface area contributed by atoms with E-state index in [4.69, 9.17) is 25.1 Å². The van der Waals surface area contributed by atoms with Crippen LogP contribution in [0.3, 0.4) is 0 Å². The Morgan fingerprint density at radius 1 is 1.00 bits per heavy atom. The normalized spacial score (nSPS) is 18.7. The van der Waals surface area contributed by atoms with Crippen molar-refractivity contribution in [3.8, 4) is 5.75 Å². The van der Waals surface area contributed by atoms with Crippen LogP contribution in [-0.4, -0.2) is 41.7 Å². The maximum Gasteiger partial charge on any atom is 0.252 e. The van der Waals surface area contributed by atoms with Gasteiger partial charge < -0.3 is 19.9 Å². The van der Waals surface area contributed by atoms with E-state index in [1.165, 1.54) is 11.1 Å². The number of amides is 1. The van der Waals surface area contributed by atoms with Crippen molar-refractivity contribution >= 4 is 27.7 Å². The van der Waals surface area contributed by atoms with Gasteiger partial charge in [0.2, 0.25) is 5.90 Å². The van der Waals surface area contributed by atoms with Crippen LogP contribution in [0, 0.1) is 0 Å². The van der Waals surface area contributed by atoms with Crippen molar-refractivity contribution in [1.29, 1.82) is 0 Å². The predicted molar refractivity (Wildman–Crippen MR) is 180 cm³/mol. The summed E-state index contributed by atoms with van der Waals surface area (Å²) in [6, 6.07) is 31.0. The van der Waals surface area contributed by atoms with Crippen LogP contribution in [0.4, 0.5) is 0 Å². The Kier molecular flexibility index (Phi) is 9.68. The minimum atomic E-state index is -1.37. The zero-order valence-corrected chi connectivity index (χ0v) is 26.8. The minimum Gasteiger partial charge on any atom is -0.494 e. The molecule has 46 heavy (non-hydrogen) atoms. The maximum atomic E-state index is 14.8. The summed E-state index contributed by atoms with van der Waals surface area (Å²) in [5.41, 5.74) is 13.3. The number of nitrogens with one attached hydrogen (secondary N) is 1. The summed E-state index contributed by atoms with van der Waals surface area (Å²) in [6.45, 7) is 0.617. The number of nitrogens with zero attached hydrogens (tertiary/aromatic N) is 4. The number of ether oxygens (including phenoxy) is 2. The minimum absolute atomic E-state index is 0.0588. The Morgan fingerprint density at radius 3 is 2.35 bits per heavy atom. The number of hydrogen-bond acceptors (Lipinski definition) is 6. The monoisotopic (exact) mass is 679 g/mol. The second-order valence-corrected chi connectivity index (χ2v) is 12.4. The summed E-state index contributed by atoms with van der Waals surface area (Å²) >= 11 is 3.54. The number of carbonyl (C=O) groups is 1. The first-order valence-electron chi connectivity index (χ1n) is 15.3. The van der Waals surface area contributed by atoms with Crippen LogP contribution < -0.4 is 10.1 Å². The lowest BCUT2D eigenvalue weighted by Gasteiger charge is -2.32. The molecule has 1 aliphatic carbocycles. The number of carbonyl (C=O) groups excluding carboxylic acids is 1. The zero-order valence-electron chi connectivity index (χ0n) is 25.2. The highest BCUT2D eigenvalue weighted by Gasteiger charge is 2.54. The van der Waals surface area contributed by atoms with Crippen LogP contribution in [0.5, 0.6) is 5.75 Å². The second kappa shape index (κ2) is 14.2. The molecule has 2 N–H and O–H groups in total. The predicted octanol–water partition coefficient (Wildman–Crippen LogP) is 6.80. The van der Waals surface area contributed by atoms with Crippen molar-refractivity contribution in [2.24, 2.45) is 10.1 Å². The van der Waals surface area contributed by atoms with Crippen molar-refractivity contribution in [3.05, 3.63) is 145 Å². The van der Waals surface area contributed by atoms with Gasteiger partial charge in [0, 0.05) is 40.4 Å². The largest absolute Gasteiger partial charge is 0.494 e. The molecule has 2 aliphatic rings. The van der Waals surface area contributed by atoms with E-state index < -0.39 is 11.6 Å². The second-order valence-electron chi connectivity index (χ2n) is 11.5. The van der Waals surface area contributed by atoms with Gasteiger partial charge in [-0.2, -0.15) is 0 Å². The average Bonchev–Trinajstić information content (AvgIpc) is 3.67. The average molecular weight is 681 g/mol. The Labute approximate surface area is 276 Å².